The van der Waals surface area contributed by atoms with Crippen LogP contribution in [-0.4, -0.2) is 32.3 Å². The first-order valence-corrected chi connectivity index (χ1v) is 10.1. The van der Waals surface area contributed by atoms with Crippen molar-refractivity contribution in [2.75, 3.05) is 20.8 Å². The van der Waals surface area contributed by atoms with Crippen LogP contribution in [-0.2, 0) is 17.9 Å². The molecule has 2 aromatic carbocycles. The molecule has 6 nitrogen and oxygen atoms in total. The van der Waals surface area contributed by atoms with Gasteiger partial charge < -0.3 is 24.8 Å². The van der Waals surface area contributed by atoms with Crippen LogP contribution in [0.3, 0.4) is 0 Å². The predicted octanol–water partition coefficient (Wildman–Crippen LogP) is 4.05. The van der Waals surface area contributed by atoms with E-state index in [1.54, 1.807) is 14.2 Å². The second-order valence-electron chi connectivity index (χ2n) is 7.63. The summed E-state index contributed by atoms with van der Waals surface area (Å²) in [6.07, 6.45) is 0. The molecule has 1 amide bonds. The third-order valence-electron chi connectivity index (χ3n) is 4.01. The van der Waals surface area contributed by atoms with Crippen molar-refractivity contribution in [2.45, 2.75) is 39.4 Å². The van der Waals surface area contributed by atoms with Gasteiger partial charge in [-0.3, -0.25) is 4.79 Å². The standard InChI is InChI=1S/C22H29BrN2O4/c1-22(2,3)25-21(26)14-29-20-11-18(23)16(10-19(20)28-5)13-24-12-15-6-8-17(27-4)9-7-15/h6-11,24H,12-14H2,1-5H3,(H,25,26). The van der Waals surface area contributed by atoms with Crippen molar-refractivity contribution in [1.29, 1.82) is 0 Å². The predicted molar refractivity (Wildman–Crippen MR) is 118 cm³/mol. The molecule has 0 atom stereocenters. The fraction of sp³-hybridized carbons (Fsp3) is 0.409. The van der Waals surface area contributed by atoms with Crippen LogP contribution in [0.1, 0.15) is 31.9 Å². The average molecular weight is 465 g/mol. The van der Waals surface area contributed by atoms with E-state index in [-0.39, 0.29) is 18.1 Å². The molecule has 7 heteroatoms. The van der Waals surface area contributed by atoms with E-state index in [0.29, 0.717) is 18.0 Å². The number of hydrogen-bond donors (Lipinski definition) is 2. The largest absolute Gasteiger partial charge is 0.497 e. The molecule has 0 saturated heterocycles. The van der Waals surface area contributed by atoms with Crippen LogP contribution in [0, 0.1) is 0 Å². The summed E-state index contributed by atoms with van der Waals surface area (Å²) in [7, 11) is 3.24. The van der Waals surface area contributed by atoms with Gasteiger partial charge in [0.25, 0.3) is 5.91 Å². The summed E-state index contributed by atoms with van der Waals surface area (Å²) in [6, 6.07) is 11.7. The number of ether oxygens (including phenoxy) is 3. The van der Waals surface area contributed by atoms with Crippen LogP contribution < -0.4 is 24.8 Å². The fourth-order valence-corrected chi connectivity index (χ4v) is 3.13. The van der Waals surface area contributed by atoms with E-state index < -0.39 is 0 Å². The van der Waals surface area contributed by atoms with Gasteiger partial charge in [-0.05, 0) is 56.2 Å². The summed E-state index contributed by atoms with van der Waals surface area (Å²) >= 11 is 3.58. The number of carbonyl (C=O) groups excluding carboxylic acids is 1. The molecule has 0 fully saturated rings. The van der Waals surface area contributed by atoms with Gasteiger partial charge in [0.05, 0.1) is 14.2 Å². The molecule has 2 N–H and O–H groups in total. The van der Waals surface area contributed by atoms with E-state index in [1.165, 1.54) is 5.56 Å². The molecule has 0 aliphatic heterocycles. The first-order valence-electron chi connectivity index (χ1n) is 9.35. The van der Waals surface area contributed by atoms with Crippen LogP contribution in [0.25, 0.3) is 0 Å². The summed E-state index contributed by atoms with van der Waals surface area (Å²) in [5.41, 5.74) is 1.89. The molecule has 0 aliphatic rings. The van der Waals surface area contributed by atoms with Gasteiger partial charge in [-0.25, -0.2) is 0 Å². The molecule has 0 spiro atoms. The molecule has 0 unspecified atom stereocenters. The zero-order valence-electron chi connectivity index (χ0n) is 17.6. The third kappa shape index (κ3) is 7.59. The van der Waals surface area contributed by atoms with Crippen LogP contribution in [0.4, 0.5) is 0 Å². The number of nitrogens with one attached hydrogen (secondary N) is 2. The molecule has 0 saturated carbocycles. The topological polar surface area (TPSA) is 68.8 Å². The Morgan fingerprint density at radius 3 is 2.28 bits per heavy atom. The molecule has 2 aromatic rings. The van der Waals surface area contributed by atoms with Crippen molar-refractivity contribution in [3.8, 4) is 17.2 Å². The molecular formula is C22H29BrN2O4. The molecule has 29 heavy (non-hydrogen) atoms. The van der Waals surface area contributed by atoms with Gasteiger partial charge in [-0.15, -0.1) is 0 Å². The molecule has 158 valence electrons. The number of methoxy groups -OCH3 is 2. The zero-order valence-corrected chi connectivity index (χ0v) is 19.2. The Balaban J connectivity index is 1.96. The Morgan fingerprint density at radius 1 is 1.00 bits per heavy atom. The van der Waals surface area contributed by atoms with Crippen molar-refractivity contribution >= 4 is 21.8 Å². The van der Waals surface area contributed by atoms with Gasteiger partial charge in [0, 0.05) is 23.1 Å². The number of hydrogen-bond acceptors (Lipinski definition) is 5. The lowest BCUT2D eigenvalue weighted by molar-refractivity contribution is -0.124. The minimum absolute atomic E-state index is 0.0743. The van der Waals surface area contributed by atoms with E-state index in [1.807, 2.05) is 57.2 Å². The van der Waals surface area contributed by atoms with Gasteiger partial charge in [0.1, 0.15) is 5.75 Å². The lowest BCUT2D eigenvalue weighted by atomic mass is 10.1. The SMILES string of the molecule is COc1ccc(CNCc2cc(OC)c(OCC(=O)NC(C)(C)C)cc2Br)cc1. The van der Waals surface area contributed by atoms with Crippen molar-refractivity contribution in [3.63, 3.8) is 0 Å². The molecule has 0 heterocycles. The van der Waals surface area contributed by atoms with E-state index in [2.05, 4.69) is 26.6 Å². The van der Waals surface area contributed by atoms with Gasteiger partial charge in [-0.1, -0.05) is 28.1 Å². The molecular weight excluding hydrogens is 436 g/mol. The zero-order chi connectivity index (χ0) is 21.4. The normalized spacial score (nSPS) is 11.1. The van der Waals surface area contributed by atoms with Crippen molar-refractivity contribution < 1.29 is 19.0 Å². The quantitative estimate of drug-likeness (QED) is 0.585. The maximum Gasteiger partial charge on any atom is 0.258 e. The van der Waals surface area contributed by atoms with E-state index in [9.17, 15) is 4.79 Å². The van der Waals surface area contributed by atoms with E-state index in [4.69, 9.17) is 14.2 Å². The van der Waals surface area contributed by atoms with Gasteiger partial charge in [-0.2, -0.15) is 0 Å². The summed E-state index contributed by atoms with van der Waals surface area (Å²) in [5, 5.41) is 6.28. The fourth-order valence-electron chi connectivity index (χ4n) is 2.67. The van der Waals surface area contributed by atoms with Crippen LogP contribution >= 0.6 is 15.9 Å². The lowest BCUT2D eigenvalue weighted by Gasteiger charge is -2.21. The molecule has 0 bridgehead atoms. The second-order valence-corrected chi connectivity index (χ2v) is 8.49. The Labute approximate surface area is 181 Å². The first-order chi connectivity index (χ1) is 13.7. The van der Waals surface area contributed by atoms with Crippen LogP contribution in [0.15, 0.2) is 40.9 Å². The highest BCUT2D eigenvalue weighted by atomic mass is 79.9. The van der Waals surface area contributed by atoms with E-state index in [0.717, 1.165) is 22.3 Å². The maximum atomic E-state index is 12.0. The Morgan fingerprint density at radius 2 is 1.69 bits per heavy atom. The average Bonchev–Trinajstić information content (AvgIpc) is 2.67. The summed E-state index contributed by atoms with van der Waals surface area (Å²) in [5.74, 6) is 1.76. The minimum atomic E-state index is -0.301. The number of halogens is 1. The lowest BCUT2D eigenvalue weighted by Crippen LogP contribution is -2.43. The highest BCUT2D eigenvalue weighted by molar-refractivity contribution is 9.10. The summed E-state index contributed by atoms with van der Waals surface area (Å²) in [4.78, 5) is 12.0. The summed E-state index contributed by atoms with van der Waals surface area (Å²) in [6.45, 7) is 7.08. The highest BCUT2D eigenvalue weighted by Crippen LogP contribution is 2.33. The summed E-state index contributed by atoms with van der Waals surface area (Å²) < 4.78 is 17.2. The number of carbonyl (C=O) groups is 1. The number of amides is 1. The monoisotopic (exact) mass is 464 g/mol. The van der Waals surface area contributed by atoms with Gasteiger partial charge in [0.2, 0.25) is 0 Å². The molecule has 2 rings (SSSR count). The highest BCUT2D eigenvalue weighted by Gasteiger charge is 2.16. The molecule has 0 radical (unpaired) electrons. The number of benzene rings is 2. The van der Waals surface area contributed by atoms with Crippen LogP contribution in [0.2, 0.25) is 0 Å². The third-order valence-corrected chi connectivity index (χ3v) is 4.75. The smallest absolute Gasteiger partial charge is 0.258 e. The van der Waals surface area contributed by atoms with Crippen molar-refractivity contribution in [3.05, 3.63) is 52.0 Å². The second kappa shape index (κ2) is 10.5. The Bertz CT molecular complexity index is 817. The van der Waals surface area contributed by atoms with Crippen molar-refractivity contribution in [1.82, 2.24) is 10.6 Å². The van der Waals surface area contributed by atoms with Crippen LogP contribution in [0.5, 0.6) is 17.2 Å². The number of rotatable bonds is 9. The van der Waals surface area contributed by atoms with Gasteiger partial charge in [0.15, 0.2) is 18.1 Å². The minimum Gasteiger partial charge on any atom is -0.497 e. The first kappa shape index (κ1) is 23.0. The maximum absolute atomic E-state index is 12.0. The van der Waals surface area contributed by atoms with Crippen molar-refractivity contribution in [2.24, 2.45) is 0 Å². The van der Waals surface area contributed by atoms with Gasteiger partial charge >= 0.3 is 0 Å². The van der Waals surface area contributed by atoms with E-state index >= 15 is 0 Å². The molecule has 0 aliphatic carbocycles. The molecule has 0 aromatic heterocycles. The Kier molecular flexibility index (Phi) is 8.34. The Hall–Kier alpha value is -2.25.